The van der Waals surface area contributed by atoms with Crippen LogP contribution in [0.15, 0.2) is 29.1 Å². The normalized spacial score (nSPS) is 14.5. The van der Waals surface area contributed by atoms with Crippen LogP contribution in [0.4, 0.5) is 13.2 Å². The van der Waals surface area contributed by atoms with Crippen LogP contribution in [0, 0.1) is 0 Å². The predicted molar refractivity (Wildman–Crippen MR) is 92.6 cm³/mol. The fourth-order valence-corrected chi connectivity index (χ4v) is 4.44. The summed E-state index contributed by atoms with van der Waals surface area (Å²) in [5, 5.41) is 0.630. The summed E-state index contributed by atoms with van der Waals surface area (Å²) in [5.41, 5.74) is 0.163. The van der Waals surface area contributed by atoms with E-state index in [0.717, 1.165) is 30.9 Å². The molecule has 1 N–H and O–H groups in total. The number of nitrogens with one attached hydrogen (secondary N) is 1. The minimum absolute atomic E-state index is 0.0337. The van der Waals surface area contributed by atoms with Crippen molar-refractivity contribution >= 4 is 33.7 Å². The third-order valence-electron chi connectivity index (χ3n) is 4.28. The molecule has 1 aliphatic carbocycles. The van der Waals surface area contributed by atoms with Gasteiger partial charge >= 0.3 is 6.18 Å². The number of benzene rings is 1. The van der Waals surface area contributed by atoms with Crippen LogP contribution < -0.4 is 5.56 Å². The summed E-state index contributed by atoms with van der Waals surface area (Å²) in [4.78, 5) is 21.3. The summed E-state index contributed by atoms with van der Waals surface area (Å²) in [7, 11) is 0. The molecular weight excluding hydrogens is 349 g/mol. The van der Waals surface area contributed by atoms with Crippen LogP contribution in [0.1, 0.15) is 33.8 Å². The average molecular weight is 362 g/mol. The van der Waals surface area contributed by atoms with Crippen LogP contribution in [0.3, 0.4) is 0 Å². The van der Waals surface area contributed by atoms with Gasteiger partial charge in [0, 0.05) is 4.88 Å². The molecule has 0 amide bonds. The molecule has 0 saturated carbocycles. The summed E-state index contributed by atoms with van der Waals surface area (Å²) in [6, 6.07) is 5.30. The van der Waals surface area contributed by atoms with Gasteiger partial charge in [0.15, 0.2) is 0 Å². The van der Waals surface area contributed by atoms with Gasteiger partial charge in [-0.15, -0.1) is 11.3 Å². The van der Waals surface area contributed by atoms with Crippen molar-refractivity contribution in [3.05, 3.63) is 62.0 Å². The monoisotopic (exact) mass is 362 g/mol. The molecule has 2 heterocycles. The molecule has 1 aromatic carbocycles. The number of aromatic nitrogens is 2. The van der Waals surface area contributed by atoms with Crippen LogP contribution in [0.5, 0.6) is 0 Å². The summed E-state index contributed by atoms with van der Waals surface area (Å²) in [5.74, 6) is 0.259. The van der Waals surface area contributed by atoms with Crippen molar-refractivity contribution in [1.29, 1.82) is 0 Å². The van der Waals surface area contributed by atoms with E-state index in [1.165, 1.54) is 46.6 Å². The minimum Gasteiger partial charge on any atom is -0.306 e. The maximum absolute atomic E-state index is 13.0. The fraction of sp³-hybridized carbons (Fsp3) is 0.222. The zero-order valence-corrected chi connectivity index (χ0v) is 13.8. The molecule has 0 fully saturated rings. The van der Waals surface area contributed by atoms with Crippen molar-refractivity contribution in [2.24, 2.45) is 0 Å². The second kappa shape index (κ2) is 5.84. The van der Waals surface area contributed by atoms with Gasteiger partial charge in [0.1, 0.15) is 10.7 Å². The quantitative estimate of drug-likeness (QED) is 0.720. The van der Waals surface area contributed by atoms with Gasteiger partial charge in [-0.1, -0.05) is 24.3 Å². The molecule has 1 aliphatic rings. The van der Waals surface area contributed by atoms with E-state index in [1.807, 2.05) is 0 Å². The Morgan fingerprint density at radius 1 is 1.16 bits per heavy atom. The lowest BCUT2D eigenvalue weighted by Crippen LogP contribution is -2.10. The van der Waals surface area contributed by atoms with Crippen molar-refractivity contribution in [2.45, 2.75) is 25.4 Å². The highest BCUT2D eigenvalue weighted by Crippen LogP contribution is 2.35. The van der Waals surface area contributed by atoms with Crippen molar-refractivity contribution < 1.29 is 13.2 Å². The van der Waals surface area contributed by atoms with Gasteiger partial charge in [0.2, 0.25) is 0 Å². The molecule has 0 atom stereocenters. The predicted octanol–water partition coefficient (Wildman–Crippen LogP) is 4.66. The van der Waals surface area contributed by atoms with Crippen molar-refractivity contribution in [3.8, 4) is 0 Å². The van der Waals surface area contributed by atoms with E-state index in [9.17, 15) is 18.0 Å². The standard InChI is InChI=1S/C18H13F3N2OS/c19-18(20,21)12-6-2-1-4-10(12)8-9-14-22-16(24)15-11-5-3-7-13(11)25-17(15)23-14/h1-2,4,6,8-9H,3,5,7H2,(H,22,23,24)/b9-8+. The molecule has 0 radical (unpaired) electrons. The molecule has 25 heavy (non-hydrogen) atoms. The summed E-state index contributed by atoms with van der Waals surface area (Å²) in [6.45, 7) is 0. The molecular formula is C18H13F3N2OS. The van der Waals surface area contributed by atoms with Gasteiger partial charge in [-0.3, -0.25) is 4.79 Å². The van der Waals surface area contributed by atoms with Crippen LogP contribution in [0.2, 0.25) is 0 Å². The van der Waals surface area contributed by atoms with Gasteiger partial charge < -0.3 is 4.98 Å². The zero-order chi connectivity index (χ0) is 17.6. The highest BCUT2D eigenvalue weighted by Gasteiger charge is 2.32. The van der Waals surface area contributed by atoms with Crippen molar-refractivity contribution in [2.75, 3.05) is 0 Å². The van der Waals surface area contributed by atoms with E-state index in [2.05, 4.69) is 9.97 Å². The Hall–Kier alpha value is -2.41. The minimum atomic E-state index is -4.43. The second-order valence-electron chi connectivity index (χ2n) is 5.91. The number of nitrogens with zero attached hydrogens (tertiary/aromatic N) is 1. The fourth-order valence-electron chi connectivity index (χ4n) is 3.17. The summed E-state index contributed by atoms with van der Waals surface area (Å²) >= 11 is 1.50. The Morgan fingerprint density at radius 2 is 1.96 bits per heavy atom. The average Bonchev–Trinajstić information content (AvgIpc) is 3.12. The number of H-pyrrole nitrogens is 1. The molecule has 0 spiro atoms. The third kappa shape index (κ3) is 2.89. The molecule has 0 aliphatic heterocycles. The van der Waals surface area contributed by atoms with Gasteiger partial charge in [-0.2, -0.15) is 13.2 Å². The number of hydrogen-bond acceptors (Lipinski definition) is 3. The molecule has 3 nitrogen and oxygen atoms in total. The van der Waals surface area contributed by atoms with Crippen LogP contribution >= 0.6 is 11.3 Å². The first-order valence-electron chi connectivity index (χ1n) is 7.82. The Kier molecular flexibility index (Phi) is 3.76. The highest BCUT2D eigenvalue weighted by molar-refractivity contribution is 7.18. The third-order valence-corrected chi connectivity index (χ3v) is 5.47. The van der Waals surface area contributed by atoms with E-state index < -0.39 is 11.7 Å². The first-order valence-corrected chi connectivity index (χ1v) is 8.64. The number of fused-ring (bicyclic) bond motifs is 3. The SMILES string of the molecule is O=c1[nH]c(/C=C/c2ccccc2C(F)(F)F)nc2sc3c(c12)CCC3. The maximum Gasteiger partial charge on any atom is 0.416 e. The number of rotatable bonds is 2. The topological polar surface area (TPSA) is 45.8 Å². The molecule has 7 heteroatoms. The Morgan fingerprint density at radius 3 is 2.76 bits per heavy atom. The van der Waals surface area contributed by atoms with E-state index in [0.29, 0.717) is 10.2 Å². The first-order chi connectivity index (χ1) is 11.9. The molecule has 2 aromatic heterocycles. The van der Waals surface area contributed by atoms with Crippen molar-refractivity contribution in [3.63, 3.8) is 0 Å². The van der Waals surface area contributed by atoms with Gasteiger partial charge in [-0.05, 0) is 42.5 Å². The lowest BCUT2D eigenvalue weighted by atomic mass is 10.1. The lowest BCUT2D eigenvalue weighted by molar-refractivity contribution is -0.137. The Bertz CT molecular complexity index is 1050. The van der Waals surface area contributed by atoms with Crippen molar-refractivity contribution in [1.82, 2.24) is 9.97 Å². The first kappa shape index (κ1) is 16.1. The molecule has 0 bridgehead atoms. The summed E-state index contributed by atoms with van der Waals surface area (Å²) < 4.78 is 39.1. The van der Waals surface area contributed by atoms with Gasteiger partial charge in [0.25, 0.3) is 5.56 Å². The molecule has 0 saturated heterocycles. The lowest BCUT2D eigenvalue weighted by Gasteiger charge is -2.09. The molecule has 128 valence electrons. The van der Waals surface area contributed by atoms with Crippen LogP contribution in [0.25, 0.3) is 22.4 Å². The Balaban J connectivity index is 1.75. The molecule has 4 rings (SSSR count). The number of thiophene rings is 1. The maximum atomic E-state index is 13.0. The summed E-state index contributed by atoms with van der Waals surface area (Å²) in [6.07, 6.45) is 1.20. The molecule has 0 unspecified atom stereocenters. The zero-order valence-electron chi connectivity index (χ0n) is 13.0. The second-order valence-corrected chi connectivity index (χ2v) is 6.99. The number of hydrogen-bond donors (Lipinski definition) is 1. The number of aryl methyl sites for hydroxylation is 2. The van der Waals surface area contributed by atoms with Gasteiger partial charge in [0.05, 0.1) is 10.9 Å². The number of aromatic amines is 1. The van der Waals surface area contributed by atoms with Gasteiger partial charge in [-0.25, -0.2) is 4.98 Å². The van der Waals surface area contributed by atoms with E-state index in [4.69, 9.17) is 0 Å². The molecule has 3 aromatic rings. The van der Waals surface area contributed by atoms with Crippen LogP contribution in [-0.4, -0.2) is 9.97 Å². The van der Waals surface area contributed by atoms with Crippen LogP contribution in [-0.2, 0) is 19.0 Å². The smallest absolute Gasteiger partial charge is 0.306 e. The van der Waals surface area contributed by atoms with E-state index in [1.54, 1.807) is 0 Å². The highest BCUT2D eigenvalue weighted by atomic mass is 32.1. The number of halogens is 3. The Labute approximate surface area is 144 Å². The largest absolute Gasteiger partial charge is 0.416 e. The number of alkyl halides is 3. The van der Waals surface area contributed by atoms with E-state index in [-0.39, 0.29) is 16.9 Å². The van der Waals surface area contributed by atoms with E-state index >= 15 is 0 Å².